The zero-order valence-electron chi connectivity index (χ0n) is 11.8. The zero-order valence-corrected chi connectivity index (χ0v) is 11.8. The molecule has 1 atom stereocenters. The van der Waals surface area contributed by atoms with Crippen LogP contribution >= 0.6 is 0 Å². The number of piperidine rings is 1. The van der Waals surface area contributed by atoms with Gasteiger partial charge in [-0.2, -0.15) is 0 Å². The molecule has 0 aromatic heterocycles. The molecule has 0 aliphatic carbocycles. The molecule has 0 spiro atoms. The SMILES string of the molecule is Cc1cc(O)c(CC2CCCNC2)cc1C(C)C. The van der Waals surface area contributed by atoms with Gasteiger partial charge in [-0.05, 0) is 73.9 Å². The fourth-order valence-corrected chi connectivity index (χ4v) is 2.95. The highest BCUT2D eigenvalue weighted by Gasteiger charge is 2.17. The lowest BCUT2D eigenvalue weighted by atomic mass is 9.88. The first-order valence-corrected chi connectivity index (χ1v) is 7.11. The van der Waals surface area contributed by atoms with Crippen molar-refractivity contribution in [2.24, 2.45) is 5.92 Å². The number of aromatic hydroxyl groups is 1. The summed E-state index contributed by atoms with van der Waals surface area (Å²) in [4.78, 5) is 0. The summed E-state index contributed by atoms with van der Waals surface area (Å²) >= 11 is 0. The molecule has 1 aromatic rings. The van der Waals surface area contributed by atoms with Gasteiger partial charge in [-0.25, -0.2) is 0 Å². The van der Waals surface area contributed by atoms with Gasteiger partial charge in [0.1, 0.15) is 5.75 Å². The normalized spacial score (nSPS) is 20.3. The van der Waals surface area contributed by atoms with E-state index in [2.05, 4.69) is 32.2 Å². The molecule has 2 rings (SSSR count). The third-order valence-corrected chi connectivity index (χ3v) is 4.00. The van der Waals surface area contributed by atoms with E-state index in [9.17, 15) is 5.11 Å². The topological polar surface area (TPSA) is 32.3 Å². The number of aryl methyl sites for hydroxylation is 1. The highest BCUT2D eigenvalue weighted by atomic mass is 16.3. The second-order valence-corrected chi connectivity index (χ2v) is 5.91. The van der Waals surface area contributed by atoms with Crippen molar-refractivity contribution in [3.63, 3.8) is 0 Å². The summed E-state index contributed by atoms with van der Waals surface area (Å²) in [5.74, 6) is 1.67. The van der Waals surface area contributed by atoms with Crippen LogP contribution in [0.4, 0.5) is 0 Å². The van der Waals surface area contributed by atoms with Crippen molar-refractivity contribution in [1.29, 1.82) is 0 Å². The van der Waals surface area contributed by atoms with E-state index >= 15 is 0 Å². The Bertz CT molecular complexity index is 406. The van der Waals surface area contributed by atoms with Crippen molar-refractivity contribution in [3.8, 4) is 5.75 Å². The summed E-state index contributed by atoms with van der Waals surface area (Å²) in [5, 5.41) is 13.5. The number of phenols is 1. The van der Waals surface area contributed by atoms with Crippen molar-refractivity contribution in [1.82, 2.24) is 5.32 Å². The molecular formula is C16H25NO. The molecule has 1 unspecified atom stereocenters. The van der Waals surface area contributed by atoms with Crippen LogP contribution in [0.15, 0.2) is 12.1 Å². The monoisotopic (exact) mass is 247 g/mol. The van der Waals surface area contributed by atoms with Crippen LogP contribution in [0.3, 0.4) is 0 Å². The maximum absolute atomic E-state index is 10.1. The number of hydrogen-bond donors (Lipinski definition) is 2. The molecule has 1 aliphatic heterocycles. The summed E-state index contributed by atoms with van der Waals surface area (Å²) in [6.07, 6.45) is 3.53. The molecule has 1 fully saturated rings. The highest BCUT2D eigenvalue weighted by molar-refractivity contribution is 5.42. The fraction of sp³-hybridized carbons (Fsp3) is 0.625. The lowest BCUT2D eigenvalue weighted by Gasteiger charge is -2.24. The third-order valence-electron chi connectivity index (χ3n) is 4.00. The lowest BCUT2D eigenvalue weighted by Crippen LogP contribution is -2.30. The maximum atomic E-state index is 10.1. The summed E-state index contributed by atoms with van der Waals surface area (Å²) in [6, 6.07) is 4.14. The number of phenolic OH excluding ortho intramolecular Hbond substituents is 1. The zero-order chi connectivity index (χ0) is 13.1. The predicted octanol–water partition coefficient (Wildman–Crippen LogP) is 3.37. The van der Waals surface area contributed by atoms with Gasteiger partial charge in [-0.1, -0.05) is 19.9 Å². The van der Waals surface area contributed by atoms with E-state index in [4.69, 9.17) is 0 Å². The second-order valence-electron chi connectivity index (χ2n) is 5.91. The maximum Gasteiger partial charge on any atom is 0.119 e. The Labute approximate surface area is 110 Å². The van der Waals surface area contributed by atoms with E-state index in [1.54, 1.807) is 0 Å². The number of rotatable bonds is 3. The van der Waals surface area contributed by atoms with Crippen molar-refractivity contribution in [3.05, 3.63) is 28.8 Å². The van der Waals surface area contributed by atoms with Crippen LogP contribution in [0, 0.1) is 12.8 Å². The Morgan fingerprint density at radius 2 is 2.17 bits per heavy atom. The molecule has 0 saturated carbocycles. The van der Waals surface area contributed by atoms with Gasteiger partial charge in [0.25, 0.3) is 0 Å². The average molecular weight is 247 g/mol. The number of nitrogens with one attached hydrogen (secondary N) is 1. The molecule has 1 saturated heterocycles. The third kappa shape index (κ3) is 3.05. The second kappa shape index (κ2) is 5.75. The molecule has 2 heteroatoms. The summed E-state index contributed by atoms with van der Waals surface area (Å²) in [7, 11) is 0. The van der Waals surface area contributed by atoms with Gasteiger partial charge in [-0.15, -0.1) is 0 Å². The molecule has 1 aliphatic rings. The van der Waals surface area contributed by atoms with Gasteiger partial charge in [0, 0.05) is 0 Å². The van der Waals surface area contributed by atoms with E-state index in [1.807, 2.05) is 6.07 Å². The fourth-order valence-electron chi connectivity index (χ4n) is 2.95. The molecule has 0 bridgehead atoms. The quantitative estimate of drug-likeness (QED) is 0.858. The van der Waals surface area contributed by atoms with E-state index in [1.165, 1.54) is 24.0 Å². The first kappa shape index (κ1) is 13.4. The predicted molar refractivity (Wildman–Crippen MR) is 76.2 cm³/mol. The van der Waals surface area contributed by atoms with Gasteiger partial charge in [0.15, 0.2) is 0 Å². The molecule has 1 heterocycles. The van der Waals surface area contributed by atoms with Crippen molar-refractivity contribution in [2.45, 2.75) is 46.0 Å². The first-order chi connectivity index (χ1) is 8.58. The molecule has 2 N–H and O–H groups in total. The molecule has 0 amide bonds. The first-order valence-electron chi connectivity index (χ1n) is 7.11. The summed E-state index contributed by atoms with van der Waals surface area (Å²) in [6.45, 7) is 8.75. The van der Waals surface area contributed by atoms with E-state index in [-0.39, 0.29) is 0 Å². The van der Waals surface area contributed by atoms with E-state index in [0.717, 1.165) is 25.1 Å². The smallest absolute Gasteiger partial charge is 0.119 e. The minimum atomic E-state index is 0.475. The van der Waals surface area contributed by atoms with E-state index in [0.29, 0.717) is 17.6 Å². The Hall–Kier alpha value is -1.02. The minimum Gasteiger partial charge on any atom is -0.508 e. The summed E-state index contributed by atoms with van der Waals surface area (Å²) < 4.78 is 0. The lowest BCUT2D eigenvalue weighted by molar-refractivity contribution is 0.369. The van der Waals surface area contributed by atoms with Crippen LogP contribution in [-0.4, -0.2) is 18.2 Å². The van der Waals surface area contributed by atoms with Gasteiger partial charge in [-0.3, -0.25) is 0 Å². The Balaban J connectivity index is 2.18. The standard InChI is InChI=1S/C16H25NO/c1-11(2)15-9-14(16(18)7-12(15)3)8-13-5-4-6-17-10-13/h7,9,11,13,17-18H,4-6,8,10H2,1-3H3. The van der Waals surface area contributed by atoms with Crippen LogP contribution in [0.2, 0.25) is 0 Å². The number of benzene rings is 1. The Morgan fingerprint density at radius 3 is 2.78 bits per heavy atom. The molecular weight excluding hydrogens is 222 g/mol. The molecule has 0 radical (unpaired) electrons. The van der Waals surface area contributed by atoms with Crippen LogP contribution in [0.1, 0.15) is 49.3 Å². The van der Waals surface area contributed by atoms with Gasteiger partial charge >= 0.3 is 0 Å². The molecule has 1 aromatic carbocycles. The van der Waals surface area contributed by atoms with Gasteiger partial charge in [0.2, 0.25) is 0 Å². The Kier molecular flexibility index (Phi) is 4.28. The van der Waals surface area contributed by atoms with Crippen molar-refractivity contribution in [2.75, 3.05) is 13.1 Å². The number of hydrogen-bond acceptors (Lipinski definition) is 2. The van der Waals surface area contributed by atoms with Gasteiger partial charge < -0.3 is 10.4 Å². The van der Waals surface area contributed by atoms with Crippen molar-refractivity contribution >= 4 is 0 Å². The molecule has 2 nitrogen and oxygen atoms in total. The van der Waals surface area contributed by atoms with Crippen LogP contribution in [0.25, 0.3) is 0 Å². The summed E-state index contributed by atoms with van der Waals surface area (Å²) in [5.41, 5.74) is 3.69. The highest BCUT2D eigenvalue weighted by Crippen LogP contribution is 2.30. The Morgan fingerprint density at radius 1 is 1.39 bits per heavy atom. The van der Waals surface area contributed by atoms with Crippen molar-refractivity contribution < 1.29 is 5.11 Å². The van der Waals surface area contributed by atoms with Gasteiger partial charge in [0.05, 0.1) is 0 Å². The molecule has 18 heavy (non-hydrogen) atoms. The van der Waals surface area contributed by atoms with Crippen LogP contribution in [-0.2, 0) is 6.42 Å². The van der Waals surface area contributed by atoms with E-state index < -0.39 is 0 Å². The van der Waals surface area contributed by atoms with Crippen LogP contribution < -0.4 is 5.32 Å². The minimum absolute atomic E-state index is 0.475. The van der Waals surface area contributed by atoms with Crippen LogP contribution in [0.5, 0.6) is 5.75 Å². The molecule has 100 valence electrons. The largest absolute Gasteiger partial charge is 0.508 e. The average Bonchev–Trinajstić information content (AvgIpc) is 2.33.